The molecule has 0 aromatic heterocycles. The van der Waals surface area contributed by atoms with E-state index in [0.29, 0.717) is 18.4 Å². The quantitative estimate of drug-likeness (QED) is 0.429. The maximum Gasteiger partial charge on any atom is 0.312 e. The maximum atomic E-state index is 12.8. The largest absolute Gasteiger partial charge is 0.455 e. The van der Waals surface area contributed by atoms with Gasteiger partial charge in [0.1, 0.15) is 0 Å². The molecular weight excluding hydrogens is 350 g/mol. The molecule has 4 saturated carbocycles. The van der Waals surface area contributed by atoms with E-state index in [1.165, 1.54) is 24.8 Å². The number of carbonyl (C=O) groups excluding carboxylic acids is 2. The topological polar surface area (TPSA) is 55.4 Å². The summed E-state index contributed by atoms with van der Waals surface area (Å²) >= 11 is 6.78. The highest BCUT2D eigenvalue weighted by molar-refractivity contribution is 6.24. The fourth-order valence-corrected chi connectivity index (χ4v) is 6.91. The van der Waals surface area contributed by atoms with Gasteiger partial charge in [-0.05, 0) is 82.5 Å². The van der Waals surface area contributed by atoms with E-state index < -0.39 is 5.41 Å². The fourth-order valence-electron chi connectivity index (χ4n) is 6.22. The molecule has 0 spiro atoms. The molecule has 0 aliphatic heterocycles. The van der Waals surface area contributed by atoms with E-state index in [-0.39, 0.29) is 23.4 Å². The summed E-state index contributed by atoms with van der Waals surface area (Å²) in [6.07, 6.45) is 13.8. The third-order valence-electron chi connectivity index (χ3n) is 6.91. The predicted molar refractivity (Wildman–Crippen MR) is 101 cm³/mol. The van der Waals surface area contributed by atoms with Gasteiger partial charge in [-0.15, -0.1) is 11.6 Å². The van der Waals surface area contributed by atoms with Crippen LogP contribution in [0.3, 0.4) is 0 Å². The lowest BCUT2D eigenvalue weighted by atomic mass is 9.49. The summed E-state index contributed by atoms with van der Waals surface area (Å²) < 4.78 is 5.45. The first-order valence-electron chi connectivity index (χ1n) is 10.3. The van der Waals surface area contributed by atoms with Gasteiger partial charge in [0, 0.05) is 11.4 Å². The molecule has 0 heterocycles. The van der Waals surface area contributed by atoms with Crippen molar-refractivity contribution in [1.29, 1.82) is 0 Å². The van der Waals surface area contributed by atoms with E-state index >= 15 is 0 Å². The van der Waals surface area contributed by atoms with Crippen LogP contribution in [-0.4, -0.2) is 29.9 Å². The molecular formula is C21H30ClNO3. The highest BCUT2D eigenvalue weighted by atomic mass is 35.5. The van der Waals surface area contributed by atoms with Gasteiger partial charge in [-0.3, -0.25) is 9.59 Å². The molecule has 5 aliphatic carbocycles. The summed E-state index contributed by atoms with van der Waals surface area (Å²) in [6, 6.07) is 0. The van der Waals surface area contributed by atoms with E-state index in [0.717, 1.165) is 51.4 Å². The fraction of sp³-hybridized carbons (Fsp3) is 0.810. The molecule has 1 amide bonds. The monoisotopic (exact) mass is 379 g/mol. The predicted octanol–water partition coefficient (Wildman–Crippen LogP) is 4.11. The molecule has 5 heteroatoms. The Morgan fingerprint density at radius 1 is 1.19 bits per heavy atom. The Kier molecular flexibility index (Phi) is 5.06. The first-order chi connectivity index (χ1) is 12.5. The van der Waals surface area contributed by atoms with Gasteiger partial charge in [-0.1, -0.05) is 11.6 Å². The van der Waals surface area contributed by atoms with Crippen molar-refractivity contribution in [3.8, 4) is 0 Å². The van der Waals surface area contributed by atoms with Crippen molar-refractivity contribution in [3.63, 3.8) is 0 Å². The van der Waals surface area contributed by atoms with Crippen molar-refractivity contribution in [2.45, 2.75) is 75.5 Å². The van der Waals surface area contributed by atoms with Gasteiger partial charge in [-0.2, -0.15) is 0 Å². The molecule has 26 heavy (non-hydrogen) atoms. The molecule has 2 atom stereocenters. The number of allylic oxidation sites excluding steroid dienone is 1. The van der Waals surface area contributed by atoms with Crippen molar-refractivity contribution in [3.05, 3.63) is 11.6 Å². The minimum atomic E-state index is -0.432. The van der Waals surface area contributed by atoms with Crippen LogP contribution >= 0.6 is 11.6 Å². The standard InChI is InChI=1S/C21H30ClNO3/c22-21-11-16-8-17(12-21)10-20(9-16,14-21)19(25)26-13-18(24)23-7-6-15-4-2-1-3-5-15/h4,16-17H,1-3,5-14H2,(H,23,24)/t16-,17-,20?,21?/m0/s1. The molecule has 4 bridgehead atoms. The van der Waals surface area contributed by atoms with Crippen LogP contribution in [-0.2, 0) is 14.3 Å². The lowest BCUT2D eigenvalue weighted by molar-refractivity contribution is -0.171. The second-order valence-electron chi connectivity index (χ2n) is 9.18. The van der Waals surface area contributed by atoms with E-state index in [1.807, 2.05) is 0 Å². The van der Waals surface area contributed by atoms with Crippen molar-refractivity contribution in [2.24, 2.45) is 17.3 Å². The molecule has 0 aromatic carbocycles. The molecule has 144 valence electrons. The van der Waals surface area contributed by atoms with Gasteiger partial charge in [0.2, 0.25) is 0 Å². The van der Waals surface area contributed by atoms with Crippen LogP contribution in [0, 0.1) is 17.3 Å². The summed E-state index contributed by atoms with van der Waals surface area (Å²) in [5.74, 6) is 0.722. The Morgan fingerprint density at radius 3 is 2.62 bits per heavy atom. The second-order valence-corrected chi connectivity index (χ2v) is 9.98. The summed E-state index contributed by atoms with van der Waals surface area (Å²) in [7, 11) is 0. The summed E-state index contributed by atoms with van der Waals surface area (Å²) in [6.45, 7) is 0.465. The van der Waals surface area contributed by atoms with Gasteiger partial charge < -0.3 is 10.1 Å². The normalized spacial score (nSPS) is 38.0. The van der Waals surface area contributed by atoms with Crippen molar-refractivity contribution in [1.82, 2.24) is 5.32 Å². The average Bonchev–Trinajstić information content (AvgIpc) is 2.58. The second kappa shape index (κ2) is 7.18. The Bertz CT molecular complexity index is 600. The minimum absolute atomic E-state index is 0.162. The Morgan fingerprint density at radius 2 is 1.96 bits per heavy atom. The SMILES string of the molecule is O=C(COC(=O)C12C[C@@H]3C[C@H](CC(Cl)(C3)C1)C2)NCCC1=CCCCC1. The number of esters is 1. The molecule has 5 rings (SSSR count). The molecule has 0 saturated heterocycles. The number of hydrogen-bond acceptors (Lipinski definition) is 3. The Balaban J connectivity index is 1.24. The lowest BCUT2D eigenvalue weighted by Crippen LogP contribution is -2.56. The van der Waals surface area contributed by atoms with Crippen LogP contribution in [0.1, 0.15) is 70.6 Å². The summed E-state index contributed by atoms with van der Waals surface area (Å²) in [5.41, 5.74) is 1.01. The van der Waals surface area contributed by atoms with E-state index in [4.69, 9.17) is 16.3 Å². The maximum absolute atomic E-state index is 12.8. The molecule has 4 nitrogen and oxygen atoms in total. The van der Waals surface area contributed by atoms with Crippen molar-refractivity contribution < 1.29 is 14.3 Å². The van der Waals surface area contributed by atoms with E-state index in [2.05, 4.69) is 11.4 Å². The van der Waals surface area contributed by atoms with Crippen LogP contribution < -0.4 is 5.32 Å². The number of carbonyl (C=O) groups is 2. The minimum Gasteiger partial charge on any atom is -0.455 e. The van der Waals surface area contributed by atoms with Gasteiger partial charge in [-0.25, -0.2) is 0 Å². The summed E-state index contributed by atoms with van der Waals surface area (Å²) in [4.78, 5) is 24.6. The third-order valence-corrected chi connectivity index (χ3v) is 7.35. The number of hydrogen-bond donors (Lipinski definition) is 1. The Labute approximate surface area is 161 Å². The van der Waals surface area contributed by atoms with Crippen LogP contribution in [0.15, 0.2) is 11.6 Å². The first-order valence-corrected chi connectivity index (χ1v) is 10.6. The molecule has 1 N–H and O–H groups in total. The number of ether oxygens (including phenoxy) is 1. The van der Waals surface area contributed by atoms with Crippen LogP contribution in [0.2, 0.25) is 0 Å². The zero-order valence-corrected chi connectivity index (χ0v) is 16.3. The van der Waals surface area contributed by atoms with Gasteiger partial charge in [0.05, 0.1) is 5.41 Å². The lowest BCUT2D eigenvalue weighted by Gasteiger charge is -2.58. The molecule has 0 aromatic rings. The third kappa shape index (κ3) is 3.81. The van der Waals surface area contributed by atoms with Crippen molar-refractivity contribution in [2.75, 3.05) is 13.2 Å². The van der Waals surface area contributed by atoms with Crippen LogP contribution in [0.5, 0.6) is 0 Å². The van der Waals surface area contributed by atoms with Crippen molar-refractivity contribution >= 4 is 23.5 Å². The zero-order chi connectivity index (χ0) is 18.2. The van der Waals surface area contributed by atoms with Crippen LogP contribution in [0.25, 0.3) is 0 Å². The van der Waals surface area contributed by atoms with Gasteiger partial charge in [0.15, 0.2) is 6.61 Å². The highest BCUT2D eigenvalue weighted by Crippen LogP contribution is 2.64. The van der Waals surface area contributed by atoms with E-state index in [1.54, 1.807) is 0 Å². The van der Waals surface area contributed by atoms with Crippen LogP contribution in [0.4, 0.5) is 0 Å². The molecule has 0 radical (unpaired) electrons. The number of amides is 1. The Hall–Kier alpha value is -1.03. The smallest absolute Gasteiger partial charge is 0.312 e. The number of nitrogens with one attached hydrogen (secondary N) is 1. The zero-order valence-electron chi connectivity index (χ0n) is 15.5. The first kappa shape index (κ1) is 18.3. The van der Waals surface area contributed by atoms with E-state index in [9.17, 15) is 9.59 Å². The molecule has 0 unspecified atom stereocenters. The van der Waals surface area contributed by atoms with Gasteiger partial charge >= 0.3 is 5.97 Å². The highest BCUT2D eigenvalue weighted by Gasteiger charge is 2.60. The molecule has 4 fully saturated rings. The molecule has 5 aliphatic rings. The summed E-state index contributed by atoms with van der Waals surface area (Å²) in [5, 5.41) is 2.88. The number of rotatable bonds is 6. The van der Waals surface area contributed by atoms with Gasteiger partial charge in [0.25, 0.3) is 5.91 Å². The average molecular weight is 380 g/mol. The number of halogens is 1. The number of alkyl halides is 1.